The van der Waals surface area contributed by atoms with Gasteiger partial charge >= 0.3 is 0 Å². The first-order valence-electron chi connectivity index (χ1n) is 7.98. The summed E-state index contributed by atoms with van der Waals surface area (Å²) in [6.45, 7) is 15.8. The molecule has 1 atom stereocenters. The van der Waals surface area contributed by atoms with Gasteiger partial charge in [0.05, 0.1) is 6.04 Å². The van der Waals surface area contributed by atoms with Gasteiger partial charge in [-0.05, 0) is 79.9 Å². The van der Waals surface area contributed by atoms with Crippen LogP contribution in [0.2, 0.25) is 0 Å². The zero-order chi connectivity index (χ0) is 15.3. The molecule has 20 heavy (non-hydrogen) atoms. The molecule has 118 valence electrons. The van der Waals surface area contributed by atoms with Crippen molar-refractivity contribution < 1.29 is 4.79 Å². The van der Waals surface area contributed by atoms with Crippen LogP contribution in [0.5, 0.6) is 0 Å². The minimum absolute atomic E-state index is 0.00562. The Labute approximate surface area is 124 Å². The molecule has 1 aliphatic heterocycles. The van der Waals surface area contributed by atoms with E-state index in [0.717, 1.165) is 25.6 Å². The van der Waals surface area contributed by atoms with E-state index in [1.54, 1.807) is 0 Å². The maximum Gasteiger partial charge on any atom is 0.237 e. The summed E-state index contributed by atoms with van der Waals surface area (Å²) >= 11 is 0. The first kappa shape index (κ1) is 17.4. The van der Waals surface area contributed by atoms with Gasteiger partial charge in [0.2, 0.25) is 5.91 Å². The van der Waals surface area contributed by atoms with Crippen LogP contribution in [0.4, 0.5) is 0 Å². The van der Waals surface area contributed by atoms with E-state index >= 15 is 0 Å². The molecule has 0 spiro atoms. The number of carbonyl (C=O) groups excluding carboxylic acids is 1. The van der Waals surface area contributed by atoms with Crippen LogP contribution in [0.1, 0.15) is 54.4 Å². The lowest BCUT2D eigenvalue weighted by Crippen LogP contribution is -2.50. The van der Waals surface area contributed by atoms with Gasteiger partial charge in [-0.3, -0.25) is 9.69 Å². The van der Waals surface area contributed by atoms with Crippen molar-refractivity contribution in [1.82, 2.24) is 15.5 Å². The Kier molecular flexibility index (Phi) is 6.46. The van der Waals surface area contributed by atoms with Crippen LogP contribution in [0.25, 0.3) is 0 Å². The Balaban J connectivity index is 2.32. The van der Waals surface area contributed by atoms with Crippen molar-refractivity contribution in [2.45, 2.75) is 72.0 Å². The molecule has 1 amide bonds. The molecule has 1 saturated heterocycles. The zero-order valence-corrected chi connectivity index (χ0v) is 14.1. The molecule has 2 N–H and O–H groups in total. The Morgan fingerprint density at radius 3 is 2.20 bits per heavy atom. The summed E-state index contributed by atoms with van der Waals surface area (Å²) in [5.41, 5.74) is 0.196. The van der Waals surface area contributed by atoms with E-state index in [-0.39, 0.29) is 23.5 Å². The molecule has 0 bridgehead atoms. The van der Waals surface area contributed by atoms with E-state index in [4.69, 9.17) is 0 Å². The average Bonchev–Trinajstić information content (AvgIpc) is 2.34. The molecule has 1 fully saturated rings. The minimum atomic E-state index is -0.00562. The second-order valence-electron chi connectivity index (χ2n) is 7.45. The lowest BCUT2D eigenvalue weighted by Gasteiger charge is -2.36. The van der Waals surface area contributed by atoms with Gasteiger partial charge in [-0.2, -0.15) is 0 Å². The third-order valence-electron chi connectivity index (χ3n) is 3.93. The van der Waals surface area contributed by atoms with E-state index in [0.29, 0.717) is 0 Å². The molecular formula is C16H33N3O. The number of piperidine rings is 1. The predicted octanol–water partition coefficient (Wildman–Crippen LogP) is 2.00. The number of hydrogen-bond donors (Lipinski definition) is 2. The Morgan fingerprint density at radius 1 is 1.20 bits per heavy atom. The number of likely N-dealkylation sites (tertiary alicyclic amines) is 1. The predicted molar refractivity (Wildman–Crippen MR) is 84.8 cm³/mol. The summed E-state index contributed by atoms with van der Waals surface area (Å²) in [6.07, 6.45) is 2.37. The molecule has 0 aromatic rings. The molecule has 0 radical (unpaired) electrons. The molecule has 4 heteroatoms. The summed E-state index contributed by atoms with van der Waals surface area (Å²) in [4.78, 5) is 14.3. The fourth-order valence-electron chi connectivity index (χ4n) is 2.57. The van der Waals surface area contributed by atoms with Crippen molar-refractivity contribution in [3.05, 3.63) is 0 Å². The van der Waals surface area contributed by atoms with E-state index in [1.807, 2.05) is 20.8 Å². The van der Waals surface area contributed by atoms with E-state index in [9.17, 15) is 4.79 Å². The molecular weight excluding hydrogens is 250 g/mol. The molecule has 1 aliphatic rings. The van der Waals surface area contributed by atoms with E-state index < -0.39 is 0 Å². The van der Waals surface area contributed by atoms with Gasteiger partial charge in [0.25, 0.3) is 0 Å². The first-order valence-corrected chi connectivity index (χ1v) is 7.98. The highest BCUT2D eigenvalue weighted by molar-refractivity contribution is 5.81. The van der Waals surface area contributed by atoms with Crippen molar-refractivity contribution in [3.63, 3.8) is 0 Å². The Hall–Kier alpha value is -0.610. The van der Waals surface area contributed by atoms with Gasteiger partial charge in [0.15, 0.2) is 0 Å². The van der Waals surface area contributed by atoms with Crippen LogP contribution < -0.4 is 10.6 Å². The van der Waals surface area contributed by atoms with Crippen LogP contribution in [0, 0.1) is 5.92 Å². The molecule has 0 aliphatic carbocycles. The third kappa shape index (κ3) is 6.23. The summed E-state index contributed by atoms with van der Waals surface area (Å²) in [7, 11) is 0. The summed E-state index contributed by atoms with van der Waals surface area (Å²) in [5, 5.41) is 6.59. The summed E-state index contributed by atoms with van der Waals surface area (Å²) in [5.74, 6) is 0.900. The third-order valence-corrected chi connectivity index (χ3v) is 3.93. The van der Waals surface area contributed by atoms with Crippen molar-refractivity contribution in [3.8, 4) is 0 Å². The fraction of sp³-hybridized carbons (Fsp3) is 0.938. The van der Waals surface area contributed by atoms with Crippen LogP contribution in [-0.2, 0) is 4.79 Å². The quantitative estimate of drug-likeness (QED) is 0.811. The second-order valence-corrected chi connectivity index (χ2v) is 7.45. The number of hydrogen-bond acceptors (Lipinski definition) is 3. The van der Waals surface area contributed by atoms with Crippen molar-refractivity contribution in [2.75, 3.05) is 19.6 Å². The smallest absolute Gasteiger partial charge is 0.237 e. The number of carbonyl (C=O) groups is 1. The van der Waals surface area contributed by atoms with Crippen LogP contribution >= 0.6 is 0 Å². The average molecular weight is 283 g/mol. The number of rotatable bonds is 5. The SMILES string of the molecule is CC(C)NC(=O)C(C)N1CCC(CNC(C)(C)C)CC1. The second kappa shape index (κ2) is 7.41. The maximum absolute atomic E-state index is 12.0. The molecule has 0 saturated carbocycles. The van der Waals surface area contributed by atoms with Gasteiger partial charge in [0.1, 0.15) is 0 Å². The number of nitrogens with one attached hydrogen (secondary N) is 2. The van der Waals surface area contributed by atoms with Crippen molar-refractivity contribution in [1.29, 1.82) is 0 Å². The fourth-order valence-corrected chi connectivity index (χ4v) is 2.57. The normalized spacial score (nSPS) is 20.1. The minimum Gasteiger partial charge on any atom is -0.353 e. The monoisotopic (exact) mass is 283 g/mol. The molecule has 0 aromatic carbocycles. The molecule has 1 rings (SSSR count). The van der Waals surface area contributed by atoms with Gasteiger partial charge in [-0.15, -0.1) is 0 Å². The summed E-state index contributed by atoms with van der Waals surface area (Å²) in [6, 6.07) is 0.215. The molecule has 0 aromatic heterocycles. The van der Waals surface area contributed by atoms with Gasteiger partial charge < -0.3 is 10.6 Å². The highest BCUT2D eigenvalue weighted by Crippen LogP contribution is 2.19. The standard InChI is InChI=1S/C16H33N3O/c1-12(2)18-15(20)13(3)19-9-7-14(8-10-19)11-17-16(4,5)6/h12-14,17H,7-11H2,1-6H3,(H,18,20). The number of nitrogens with zero attached hydrogens (tertiary/aromatic N) is 1. The topological polar surface area (TPSA) is 44.4 Å². The number of amides is 1. The van der Waals surface area contributed by atoms with Crippen molar-refractivity contribution in [2.24, 2.45) is 5.92 Å². The lowest BCUT2D eigenvalue weighted by atomic mass is 9.94. The lowest BCUT2D eigenvalue weighted by molar-refractivity contribution is -0.126. The Bertz CT molecular complexity index is 301. The van der Waals surface area contributed by atoms with Crippen LogP contribution in [-0.4, -0.2) is 48.1 Å². The summed E-state index contributed by atoms with van der Waals surface area (Å²) < 4.78 is 0. The largest absolute Gasteiger partial charge is 0.353 e. The van der Waals surface area contributed by atoms with Crippen molar-refractivity contribution >= 4 is 5.91 Å². The zero-order valence-electron chi connectivity index (χ0n) is 14.1. The van der Waals surface area contributed by atoms with Crippen LogP contribution in [0.3, 0.4) is 0 Å². The highest BCUT2D eigenvalue weighted by Gasteiger charge is 2.27. The first-order chi connectivity index (χ1) is 9.19. The van der Waals surface area contributed by atoms with Gasteiger partial charge in [-0.25, -0.2) is 0 Å². The van der Waals surface area contributed by atoms with E-state index in [1.165, 1.54) is 12.8 Å². The molecule has 4 nitrogen and oxygen atoms in total. The van der Waals surface area contributed by atoms with E-state index in [2.05, 4.69) is 36.3 Å². The molecule has 1 heterocycles. The Morgan fingerprint density at radius 2 is 1.75 bits per heavy atom. The van der Waals surface area contributed by atoms with Crippen LogP contribution in [0.15, 0.2) is 0 Å². The van der Waals surface area contributed by atoms with Gasteiger partial charge in [-0.1, -0.05) is 0 Å². The maximum atomic E-state index is 12.0. The highest BCUT2D eigenvalue weighted by atomic mass is 16.2. The molecule has 1 unspecified atom stereocenters. The van der Waals surface area contributed by atoms with Gasteiger partial charge in [0, 0.05) is 11.6 Å².